The summed E-state index contributed by atoms with van der Waals surface area (Å²) in [7, 11) is 0. The number of hydrogen-bond donors (Lipinski definition) is 12. The van der Waals surface area contributed by atoms with Crippen LogP contribution in [-0.4, -0.2) is 205 Å². The van der Waals surface area contributed by atoms with Gasteiger partial charge in [0.1, 0.15) is 42.3 Å². The van der Waals surface area contributed by atoms with Gasteiger partial charge in [0.25, 0.3) is 0 Å². The zero-order chi connectivity index (χ0) is 51.1. The number of imidazole rings is 1. The minimum atomic E-state index is -1.58. The minimum absolute atomic E-state index is 0.158. The van der Waals surface area contributed by atoms with Crippen LogP contribution in [-0.2, 0) is 59.2 Å². The first-order chi connectivity index (χ1) is 32.6. The van der Waals surface area contributed by atoms with Gasteiger partial charge in [-0.25, -0.2) is 9.78 Å². The molecule has 69 heavy (non-hydrogen) atoms. The van der Waals surface area contributed by atoms with Gasteiger partial charge in [0.05, 0.1) is 44.7 Å². The van der Waals surface area contributed by atoms with Crippen LogP contribution in [0.2, 0.25) is 0 Å². The molecular weight excluding hydrogens is 911 g/mol. The fourth-order valence-electron chi connectivity index (χ4n) is 8.09. The molecule has 0 aliphatic carbocycles. The average Bonchev–Trinajstić information content (AvgIpc) is 4.17. The Morgan fingerprint density at radius 3 is 1.80 bits per heavy atom. The third-order valence-corrected chi connectivity index (χ3v) is 12.1. The van der Waals surface area contributed by atoms with Crippen LogP contribution in [0.1, 0.15) is 71.9 Å². The highest BCUT2D eigenvalue weighted by Gasteiger charge is 2.43. The van der Waals surface area contributed by atoms with Crippen LogP contribution < -0.4 is 43.0 Å². The predicted molar refractivity (Wildman–Crippen MR) is 238 cm³/mol. The van der Waals surface area contributed by atoms with Crippen molar-refractivity contribution in [2.45, 2.75) is 127 Å². The Labute approximate surface area is 397 Å². The molecule has 1 aromatic heterocycles. The molecule has 0 bridgehead atoms. The highest BCUT2D eigenvalue weighted by atomic mass is 16.4. The summed E-state index contributed by atoms with van der Waals surface area (Å²) in [4.78, 5) is 153. The van der Waals surface area contributed by atoms with Gasteiger partial charge in [-0.15, -0.1) is 0 Å². The van der Waals surface area contributed by atoms with Crippen molar-refractivity contribution in [3.8, 4) is 0 Å². The molecule has 0 radical (unpaired) electrons. The number of aromatic amines is 1. The molecule has 382 valence electrons. The monoisotopic (exact) mass is 975 g/mol. The van der Waals surface area contributed by atoms with E-state index in [1.165, 1.54) is 41.1 Å². The molecule has 27 heteroatoms. The SMILES string of the molecule is CC(NC(=O)C1CCCN1C(=O)CNC(=O)C(CO)NC(=O)C(N)C(C)C)C(=O)NCC(=O)N1CCCC1C(=O)N1CCCC1C(=O)NCC(=O)NC(C(=O)NC(Cc1cnc[nH]1)C(=O)O)C(C)O. The van der Waals surface area contributed by atoms with Crippen molar-refractivity contribution in [1.29, 1.82) is 0 Å². The van der Waals surface area contributed by atoms with Gasteiger partial charge in [0, 0.05) is 37.9 Å². The summed E-state index contributed by atoms with van der Waals surface area (Å²) >= 11 is 0. The number of aliphatic hydroxyl groups is 2. The maximum Gasteiger partial charge on any atom is 0.326 e. The van der Waals surface area contributed by atoms with Gasteiger partial charge in [-0.3, -0.25) is 47.9 Å². The number of aliphatic hydroxyl groups excluding tert-OH is 2. The number of nitrogens with one attached hydrogen (secondary N) is 8. The molecular formula is C42H65N13O14. The van der Waals surface area contributed by atoms with Crippen LogP contribution in [0.5, 0.6) is 0 Å². The van der Waals surface area contributed by atoms with Gasteiger partial charge < -0.3 is 78.0 Å². The van der Waals surface area contributed by atoms with Gasteiger partial charge in [0.15, 0.2) is 0 Å². The number of amides is 10. The molecule has 9 unspecified atom stereocenters. The molecule has 0 spiro atoms. The van der Waals surface area contributed by atoms with Crippen molar-refractivity contribution in [1.82, 2.24) is 61.9 Å². The molecule has 0 aromatic carbocycles. The van der Waals surface area contributed by atoms with Crippen LogP contribution >= 0.6 is 0 Å². The maximum atomic E-state index is 13.9. The summed E-state index contributed by atoms with van der Waals surface area (Å²) in [6.07, 6.45) is 3.21. The first-order valence-corrected chi connectivity index (χ1v) is 22.8. The molecule has 4 heterocycles. The molecule has 10 amide bonds. The fraction of sp³-hybridized carbons (Fsp3) is 0.667. The van der Waals surface area contributed by atoms with Crippen molar-refractivity contribution in [3.05, 3.63) is 18.2 Å². The van der Waals surface area contributed by atoms with E-state index in [9.17, 15) is 68.1 Å². The molecule has 3 fully saturated rings. The lowest BCUT2D eigenvalue weighted by Crippen LogP contribution is -2.58. The van der Waals surface area contributed by atoms with Crippen molar-refractivity contribution in [3.63, 3.8) is 0 Å². The zero-order valence-electron chi connectivity index (χ0n) is 39.0. The number of carbonyl (C=O) groups excluding carboxylic acids is 10. The van der Waals surface area contributed by atoms with E-state index < -0.39 is 146 Å². The Kier molecular flexibility index (Phi) is 20.3. The van der Waals surface area contributed by atoms with Crippen LogP contribution in [0.3, 0.4) is 0 Å². The quantitative estimate of drug-likeness (QED) is 0.0485. The van der Waals surface area contributed by atoms with Gasteiger partial charge in [-0.1, -0.05) is 13.8 Å². The molecule has 9 atom stereocenters. The standard InChI is InChI=1S/C42H65N13O14/c1-21(2)33(43)39(65)51-26(19-56)36(62)47-18-31(59)53-11-5-9-28(53)38(64)49-22(3)35(61)46-17-32(60)54-12-7-10-29(54)41(67)55-13-6-8-27(55)37(63)45-16-30(58)52-34(23(4)57)40(66)50-25(42(68)69)14-24-15-44-20-48-24/h15,20-23,25-29,33-34,56-57H,5-14,16-19,43H2,1-4H3,(H,44,48)(H,45,63)(H,46,61)(H,47,62)(H,49,64)(H,50,66)(H,51,65)(H,52,58)(H,68,69). The smallest absolute Gasteiger partial charge is 0.326 e. The number of aliphatic carboxylic acids is 1. The molecule has 13 N–H and O–H groups in total. The number of nitrogens with zero attached hydrogens (tertiary/aromatic N) is 4. The van der Waals surface area contributed by atoms with Crippen molar-refractivity contribution in [2.24, 2.45) is 11.7 Å². The van der Waals surface area contributed by atoms with E-state index >= 15 is 0 Å². The highest BCUT2D eigenvalue weighted by Crippen LogP contribution is 2.25. The Balaban J connectivity index is 1.23. The van der Waals surface area contributed by atoms with Crippen molar-refractivity contribution < 1.29 is 68.1 Å². The second-order valence-corrected chi connectivity index (χ2v) is 17.5. The Morgan fingerprint density at radius 1 is 0.696 bits per heavy atom. The minimum Gasteiger partial charge on any atom is -0.480 e. The normalized spacial score (nSPS) is 20.4. The molecule has 27 nitrogen and oxygen atoms in total. The molecule has 4 rings (SSSR count). The second kappa shape index (κ2) is 25.6. The second-order valence-electron chi connectivity index (χ2n) is 17.5. The van der Waals surface area contributed by atoms with Crippen LogP contribution in [0, 0.1) is 5.92 Å². The molecule has 3 aliphatic heterocycles. The van der Waals surface area contributed by atoms with E-state index in [-0.39, 0.29) is 51.2 Å². The number of rotatable bonds is 23. The lowest BCUT2D eigenvalue weighted by atomic mass is 10.0. The summed E-state index contributed by atoms with van der Waals surface area (Å²) in [5.41, 5.74) is 6.21. The molecule has 3 saturated heterocycles. The van der Waals surface area contributed by atoms with Crippen LogP contribution in [0.4, 0.5) is 0 Å². The van der Waals surface area contributed by atoms with Gasteiger partial charge >= 0.3 is 5.97 Å². The first-order valence-electron chi connectivity index (χ1n) is 22.8. The summed E-state index contributed by atoms with van der Waals surface area (Å²) in [5, 5.41) is 46.2. The Hall–Kier alpha value is -6.74. The summed E-state index contributed by atoms with van der Waals surface area (Å²) in [5.74, 6) is -8.77. The molecule has 3 aliphatic rings. The Morgan fingerprint density at radius 2 is 1.25 bits per heavy atom. The van der Waals surface area contributed by atoms with E-state index in [2.05, 4.69) is 47.2 Å². The van der Waals surface area contributed by atoms with E-state index in [1.54, 1.807) is 13.8 Å². The zero-order valence-corrected chi connectivity index (χ0v) is 39.0. The lowest BCUT2D eigenvalue weighted by Gasteiger charge is -2.31. The maximum absolute atomic E-state index is 13.9. The number of aromatic nitrogens is 2. The number of H-pyrrole nitrogens is 1. The largest absolute Gasteiger partial charge is 0.480 e. The van der Waals surface area contributed by atoms with Crippen molar-refractivity contribution in [2.75, 3.05) is 45.9 Å². The average molecular weight is 976 g/mol. The van der Waals surface area contributed by atoms with E-state index in [0.29, 0.717) is 25.0 Å². The molecule has 0 saturated carbocycles. The number of carbonyl (C=O) groups is 11. The first kappa shape index (κ1) is 54.9. The van der Waals surface area contributed by atoms with Crippen molar-refractivity contribution >= 4 is 65.0 Å². The number of hydrogen-bond acceptors (Lipinski definition) is 15. The molecule has 1 aromatic rings. The third kappa shape index (κ3) is 15.1. The number of likely N-dealkylation sites (tertiary alicyclic amines) is 3. The summed E-state index contributed by atoms with van der Waals surface area (Å²) in [6, 6.07) is -9.39. The van der Waals surface area contributed by atoms with Gasteiger partial charge in [-0.2, -0.15) is 0 Å². The lowest BCUT2D eigenvalue weighted by molar-refractivity contribution is -0.146. The van der Waals surface area contributed by atoms with E-state index in [0.717, 1.165) is 0 Å². The van der Waals surface area contributed by atoms with Gasteiger partial charge in [-0.05, 0) is 58.3 Å². The van der Waals surface area contributed by atoms with E-state index in [4.69, 9.17) is 5.73 Å². The number of carboxylic acid groups (broad SMARTS) is 1. The van der Waals surface area contributed by atoms with Gasteiger partial charge in [0.2, 0.25) is 59.1 Å². The topological polar surface area (TPSA) is 397 Å². The fourth-order valence-corrected chi connectivity index (χ4v) is 8.09. The third-order valence-electron chi connectivity index (χ3n) is 12.1. The van der Waals surface area contributed by atoms with Crippen LogP contribution in [0.15, 0.2) is 12.5 Å². The summed E-state index contributed by atoms with van der Waals surface area (Å²) in [6.45, 7) is 4.07. The van der Waals surface area contributed by atoms with E-state index in [1.807, 2.05) is 0 Å². The number of carboxylic acids is 1. The number of nitrogens with two attached hydrogens (primary N) is 1. The van der Waals surface area contributed by atoms with Crippen LogP contribution in [0.25, 0.3) is 0 Å². The summed E-state index contributed by atoms with van der Waals surface area (Å²) < 4.78 is 0. The highest BCUT2D eigenvalue weighted by molar-refractivity contribution is 5.98. The predicted octanol–water partition coefficient (Wildman–Crippen LogP) is -6.33. The Bertz CT molecular complexity index is 2050.